The Morgan fingerprint density at radius 1 is 1.47 bits per heavy atom. The maximum atomic E-state index is 9.10. The molecule has 1 aliphatic rings. The predicted molar refractivity (Wildman–Crippen MR) is 70.1 cm³/mol. The molecule has 1 aromatic rings. The number of hydrogen-bond donors (Lipinski definition) is 2. The van der Waals surface area contributed by atoms with Crippen molar-refractivity contribution in [3.8, 4) is 0 Å². The Hall–Kier alpha value is -1.10. The number of nitrogens with two attached hydrogens (primary N) is 1. The molecule has 1 atom stereocenters. The first-order valence-electron chi connectivity index (χ1n) is 6.03. The standard InChI is InChI=1S/C13H21N3O/c1-15(2)12-5-3-4-10-11(12)9-16(6-7-17)13(10)8-14/h3-5,13,17H,6-9,14H2,1-2H3. The molecule has 0 fully saturated rings. The maximum Gasteiger partial charge on any atom is 0.0558 e. The Balaban J connectivity index is 2.37. The normalized spacial score (nSPS) is 19.4. The van der Waals surface area contributed by atoms with Crippen LogP contribution in [0.25, 0.3) is 0 Å². The molecule has 1 heterocycles. The molecule has 1 aromatic carbocycles. The molecule has 0 bridgehead atoms. The molecule has 0 spiro atoms. The molecule has 1 unspecified atom stereocenters. The highest BCUT2D eigenvalue weighted by Crippen LogP contribution is 2.37. The quantitative estimate of drug-likeness (QED) is 0.800. The molecule has 0 amide bonds. The topological polar surface area (TPSA) is 52.7 Å². The number of aliphatic hydroxyl groups excluding tert-OH is 1. The summed E-state index contributed by atoms with van der Waals surface area (Å²) in [7, 11) is 4.11. The van der Waals surface area contributed by atoms with Gasteiger partial charge >= 0.3 is 0 Å². The summed E-state index contributed by atoms with van der Waals surface area (Å²) in [6, 6.07) is 6.61. The fourth-order valence-corrected chi connectivity index (χ4v) is 2.64. The first-order valence-corrected chi connectivity index (χ1v) is 6.03. The van der Waals surface area contributed by atoms with E-state index >= 15 is 0 Å². The highest BCUT2D eigenvalue weighted by atomic mass is 16.3. The van der Waals surface area contributed by atoms with Crippen molar-refractivity contribution in [2.75, 3.05) is 38.7 Å². The van der Waals surface area contributed by atoms with Gasteiger partial charge in [0.2, 0.25) is 0 Å². The van der Waals surface area contributed by atoms with Crippen LogP contribution in [0.5, 0.6) is 0 Å². The summed E-state index contributed by atoms with van der Waals surface area (Å²) >= 11 is 0. The van der Waals surface area contributed by atoms with Crippen LogP contribution in [0, 0.1) is 0 Å². The van der Waals surface area contributed by atoms with Crippen LogP contribution in [0.15, 0.2) is 18.2 Å². The van der Waals surface area contributed by atoms with Crippen molar-refractivity contribution in [3.05, 3.63) is 29.3 Å². The van der Waals surface area contributed by atoms with Crippen LogP contribution in [0.2, 0.25) is 0 Å². The van der Waals surface area contributed by atoms with Gasteiger partial charge in [-0.1, -0.05) is 12.1 Å². The number of nitrogens with zero attached hydrogens (tertiary/aromatic N) is 2. The first kappa shape index (κ1) is 12.4. The molecular formula is C13H21N3O. The molecule has 4 heteroatoms. The van der Waals surface area contributed by atoms with E-state index < -0.39 is 0 Å². The number of rotatable bonds is 4. The number of fused-ring (bicyclic) bond motifs is 1. The van der Waals surface area contributed by atoms with Gasteiger partial charge in [0.25, 0.3) is 0 Å². The Bertz CT molecular complexity index is 392. The van der Waals surface area contributed by atoms with Crippen LogP contribution in [0.1, 0.15) is 17.2 Å². The van der Waals surface area contributed by atoms with Gasteiger partial charge in [-0.25, -0.2) is 0 Å². The van der Waals surface area contributed by atoms with E-state index in [2.05, 4.69) is 42.1 Å². The zero-order valence-electron chi connectivity index (χ0n) is 10.6. The van der Waals surface area contributed by atoms with Crippen molar-refractivity contribution in [1.29, 1.82) is 0 Å². The van der Waals surface area contributed by atoms with Crippen LogP contribution < -0.4 is 10.6 Å². The molecule has 0 aromatic heterocycles. The average molecular weight is 235 g/mol. The second-order valence-electron chi connectivity index (χ2n) is 4.68. The Morgan fingerprint density at radius 3 is 2.82 bits per heavy atom. The van der Waals surface area contributed by atoms with Crippen molar-refractivity contribution < 1.29 is 5.11 Å². The largest absolute Gasteiger partial charge is 0.395 e. The Labute approximate surface area is 103 Å². The number of benzene rings is 1. The van der Waals surface area contributed by atoms with Gasteiger partial charge < -0.3 is 15.7 Å². The lowest BCUT2D eigenvalue weighted by atomic mass is 10.0. The fourth-order valence-electron chi connectivity index (χ4n) is 2.64. The lowest BCUT2D eigenvalue weighted by molar-refractivity contribution is 0.164. The minimum Gasteiger partial charge on any atom is -0.395 e. The number of β-amino-alcohol motifs (C(OH)–C–C–N with tert-alkyl or cyclic N) is 1. The van der Waals surface area contributed by atoms with Crippen LogP contribution in [0.3, 0.4) is 0 Å². The monoisotopic (exact) mass is 235 g/mol. The molecule has 4 nitrogen and oxygen atoms in total. The number of aliphatic hydroxyl groups is 1. The molecule has 0 radical (unpaired) electrons. The van der Waals surface area contributed by atoms with Crippen molar-refractivity contribution >= 4 is 5.69 Å². The zero-order valence-corrected chi connectivity index (χ0v) is 10.6. The average Bonchev–Trinajstić information content (AvgIpc) is 2.66. The Morgan fingerprint density at radius 2 is 2.24 bits per heavy atom. The third-order valence-electron chi connectivity index (χ3n) is 3.44. The van der Waals surface area contributed by atoms with Gasteiger partial charge in [0.05, 0.1) is 6.61 Å². The summed E-state index contributed by atoms with van der Waals surface area (Å²) in [5, 5.41) is 9.10. The summed E-state index contributed by atoms with van der Waals surface area (Å²) < 4.78 is 0. The van der Waals surface area contributed by atoms with Crippen molar-refractivity contribution in [1.82, 2.24) is 4.90 Å². The molecule has 0 saturated carbocycles. The number of hydrogen-bond acceptors (Lipinski definition) is 4. The van der Waals surface area contributed by atoms with Crippen molar-refractivity contribution in [2.24, 2.45) is 5.73 Å². The Kier molecular flexibility index (Phi) is 3.66. The van der Waals surface area contributed by atoms with E-state index in [-0.39, 0.29) is 12.6 Å². The van der Waals surface area contributed by atoms with Gasteiger partial charge in [0.15, 0.2) is 0 Å². The van der Waals surface area contributed by atoms with E-state index in [0.717, 1.165) is 6.54 Å². The summed E-state index contributed by atoms with van der Waals surface area (Å²) in [5.74, 6) is 0. The minimum atomic E-state index is 0.182. The molecule has 0 saturated heterocycles. The SMILES string of the molecule is CN(C)c1cccc2c1CN(CCO)C2CN. The first-order chi connectivity index (χ1) is 8.19. The molecule has 2 rings (SSSR count). The lowest BCUT2D eigenvalue weighted by Gasteiger charge is -2.22. The highest BCUT2D eigenvalue weighted by Gasteiger charge is 2.30. The lowest BCUT2D eigenvalue weighted by Crippen LogP contribution is -2.30. The van der Waals surface area contributed by atoms with Crippen LogP contribution in [-0.2, 0) is 6.54 Å². The van der Waals surface area contributed by atoms with Gasteiger partial charge in [0, 0.05) is 45.5 Å². The van der Waals surface area contributed by atoms with Gasteiger partial charge in [-0.3, -0.25) is 4.90 Å². The van der Waals surface area contributed by atoms with Gasteiger partial charge in [0.1, 0.15) is 0 Å². The van der Waals surface area contributed by atoms with Crippen molar-refractivity contribution in [2.45, 2.75) is 12.6 Å². The smallest absolute Gasteiger partial charge is 0.0558 e. The highest BCUT2D eigenvalue weighted by molar-refractivity contribution is 5.58. The molecule has 3 N–H and O–H groups in total. The third-order valence-corrected chi connectivity index (χ3v) is 3.44. The maximum absolute atomic E-state index is 9.10. The van der Waals surface area contributed by atoms with Gasteiger partial charge in [-0.05, 0) is 17.2 Å². The second kappa shape index (κ2) is 5.04. The molecule has 17 heavy (non-hydrogen) atoms. The van der Waals surface area contributed by atoms with E-state index in [1.807, 2.05) is 0 Å². The minimum absolute atomic E-state index is 0.182. The van der Waals surface area contributed by atoms with Gasteiger partial charge in [-0.15, -0.1) is 0 Å². The van der Waals surface area contributed by atoms with Crippen LogP contribution in [-0.4, -0.2) is 43.8 Å². The number of anilines is 1. The van der Waals surface area contributed by atoms with E-state index in [0.29, 0.717) is 13.1 Å². The predicted octanol–water partition coefficient (Wildman–Crippen LogP) is 0.560. The van der Waals surface area contributed by atoms with Crippen LogP contribution in [0.4, 0.5) is 5.69 Å². The van der Waals surface area contributed by atoms with Crippen LogP contribution >= 0.6 is 0 Å². The summed E-state index contributed by atoms with van der Waals surface area (Å²) in [6.45, 7) is 2.35. The zero-order chi connectivity index (χ0) is 12.4. The molecule has 0 aliphatic carbocycles. The second-order valence-corrected chi connectivity index (χ2v) is 4.68. The van der Waals surface area contributed by atoms with Gasteiger partial charge in [-0.2, -0.15) is 0 Å². The summed E-state index contributed by atoms with van der Waals surface area (Å²) in [4.78, 5) is 4.38. The summed E-state index contributed by atoms with van der Waals surface area (Å²) in [6.07, 6.45) is 0. The van der Waals surface area contributed by atoms with Crippen molar-refractivity contribution in [3.63, 3.8) is 0 Å². The summed E-state index contributed by atoms with van der Waals surface area (Å²) in [5.41, 5.74) is 9.77. The third kappa shape index (κ3) is 2.16. The van der Waals surface area contributed by atoms with E-state index in [4.69, 9.17) is 10.8 Å². The van der Waals surface area contributed by atoms with E-state index in [1.165, 1.54) is 16.8 Å². The fraction of sp³-hybridized carbons (Fsp3) is 0.538. The molecule has 1 aliphatic heterocycles. The van der Waals surface area contributed by atoms with E-state index in [1.54, 1.807) is 0 Å². The molecular weight excluding hydrogens is 214 g/mol. The molecule has 94 valence electrons. The van der Waals surface area contributed by atoms with E-state index in [9.17, 15) is 0 Å².